The van der Waals surface area contributed by atoms with Crippen LogP contribution in [0.5, 0.6) is 0 Å². The molecule has 0 saturated heterocycles. The molecule has 0 bridgehead atoms. The van der Waals surface area contributed by atoms with E-state index in [1.165, 1.54) is 75.4 Å². The maximum Gasteiger partial charge on any atom is 0.180 e. The zero-order valence-electron chi connectivity index (χ0n) is 33.9. The highest BCUT2D eigenvalue weighted by atomic mass is 32.1. The van der Waals surface area contributed by atoms with Gasteiger partial charge in [-0.3, -0.25) is 0 Å². The Morgan fingerprint density at radius 3 is 1.81 bits per heavy atom. The SMILES string of the molecule is c1ccc(-c2ccc(-c3ccc4oc5c(-c6cccc7sc8ccc(-c9cccc(-c%10ccc%11c(c%10)c%10ccccc%10n%11-c%10ccccc%10)c9)cc8c67)ncnc5c4c3)cc2)cc1. The van der Waals surface area contributed by atoms with Gasteiger partial charge >= 0.3 is 0 Å². The topological polar surface area (TPSA) is 43.9 Å². The largest absolute Gasteiger partial charge is 0.452 e. The Hall–Kier alpha value is -8.12. The average Bonchev–Trinajstić information content (AvgIpc) is 4.03. The van der Waals surface area contributed by atoms with E-state index in [2.05, 4.69) is 205 Å². The smallest absolute Gasteiger partial charge is 0.180 e. The monoisotopic (exact) mass is 821 g/mol. The number of aromatic nitrogens is 3. The summed E-state index contributed by atoms with van der Waals surface area (Å²) in [5, 5.41) is 5.85. The molecule has 0 N–H and O–H groups in total. The summed E-state index contributed by atoms with van der Waals surface area (Å²) in [6, 6.07) is 74.1. The van der Waals surface area contributed by atoms with Crippen molar-refractivity contribution in [2.75, 3.05) is 0 Å². The van der Waals surface area contributed by atoms with E-state index >= 15 is 0 Å². The number of hydrogen-bond acceptors (Lipinski definition) is 4. The molecule has 0 aliphatic heterocycles. The van der Waals surface area contributed by atoms with Crippen molar-refractivity contribution in [3.05, 3.63) is 213 Å². The number of hydrogen-bond donors (Lipinski definition) is 0. The van der Waals surface area contributed by atoms with E-state index in [1.807, 2.05) is 17.4 Å². The van der Waals surface area contributed by atoms with Crippen molar-refractivity contribution in [1.29, 1.82) is 0 Å². The van der Waals surface area contributed by atoms with Crippen LogP contribution >= 0.6 is 11.3 Å². The van der Waals surface area contributed by atoms with Crippen molar-refractivity contribution < 1.29 is 4.42 Å². The predicted octanol–water partition coefficient (Wildman–Crippen LogP) is 16.2. The van der Waals surface area contributed by atoms with Crippen molar-refractivity contribution in [3.8, 4) is 61.5 Å². The fraction of sp³-hybridized carbons (Fsp3) is 0. The van der Waals surface area contributed by atoms with Crippen LogP contribution in [-0.4, -0.2) is 14.5 Å². The summed E-state index contributed by atoms with van der Waals surface area (Å²) in [6.07, 6.45) is 1.68. The number of nitrogens with zero attached hydrogens (tertiary/aromatic N) is 3. The van der Waals surface area contributed by atoms with E-state index in [-0.39, 0.29) is 0 Å². The Bertz CT molecular complexity index is 3900. The highest BCUT2D eigenvalue weighted by Crippen LogP contribution is 2.44. The molecule has 5 heteroatoms. The molecule has 4 heterocycles. The summed E-state index contributed by atoms with van der Waals surface area (Å²) >= 11 is 1.81. The lowest BCUT2D eigenvalue weighted by Crippen LogP contribution is -1.92. The molecule has 63 heavy (non-hydrogen) atoms. The zero-order chi connectivity index (χ0) is 41.4. The standard InChI is InChI=1S/C58H35N3OS/c1-3-11-36(12-4-1)37-21-23-38(24-22-37)41-26-29-52-48(33-41)57-58(62-52)56(59-35-60-57)46-18-10-20-54-55(46)49-34-43(27-30-53(49)63-54)40-14-9-13-39(31-40)42-25-28-51-47(32-42)45-17-7-8-19-50(45)61(51)44-15-5-2-6-16-44/h1-35H. The molecule has 13 rings (SSSR count). The van der Waals surface area contributed by atoms with Crippen LogP contribution in [-0.2, 0) is 0 Å². The van der Waals surface area contributed by atoms with Gasteiger partial charge in [0.25, 0.3) is 0 Å². The molecule has 0 fully saturated rings. The molecular weight excluding hydrogens is 787 g/mol. The summed E-state index contributed by atoms with van der Waals surface area (Å²) in [4.78, 5) is 9.72. The predicted molar refractivity (Wildman–Crippen MR) is 264 cm³/mol. The van der Waals surface area contributed by atoms with E-state index in [9.17, 15) is 0 Å². The van der Waals surface area contributed by atoms with Crippen molar-refractivity contribution >= 4 is 75.4 Å². The first kappa shape index (κ1) is 35.6. The molecule has 9 aromatic carbocycles. The second kappa shape index (κ2) is 14.2. The molecule has 4 nitrogen and oxygen atoms in total. The van der Waals surface area contributed by atoms with Gasteiger partial charge in [0.05, 0.1) is 11.0 Å². The van der Waals surface area contributed by atoms with E-state index < -0.39 is 0 Å². The molecule has 0 saturated carbocycles. The second-order valence-electron chi connectivity index (χ2n) is 16.1. The maximum atomic E-state index is 6.64. The summed E-state index contributed by atoms with van der Waals surface area (Å²) in [6.45, 7) is 0. The zero-order valence-corrected chi connectivity index (χ0v) is 34.7. The normalized spacial score (nSPS) is 11.8. The molecule has 0 aliphatic rings. The third kappa shape index (κ3) is 5.82. The Kier molecular flexibility index (Phi) is 8.05. The number of fused-ring (bicyclic) bond motifs is 9. The van der Waals surface area contributed by atoms with E-state index in [0.29, 0.717) is 5.58 Å². The second-order valence-corrected chi connectivity index (χ2v) is 17.2. The van der Waals surface area contributed by atoms with Crippen LogP contribution in [0.1, 0.15) is 0 Å². The minimum Gasteiger partial charge on any atom is -0.452 e. The van der Waals surface area contributed by atoms with Gasteiger partial charge in [0, 0.05) is 47.6 Å². The van der Waals surface area contributed by atoms with Crippen molar-refractivity contribution in [3.63, 3.8) is 0 Å². The summed E-state index contributed by atoms with van der Waals surface area (Å²) in [7, 11) is 0. The fourth-order valence-corrected chi connectivity index (χ4v) is 10.6. The van der Waals surface area contributed by atoms with Gasteiger partial charge in [-0.1, -0.05) is 140 Å². The van der Waals surface area contributed by atoms with Crippen LogP contribution in [0.4, 0.5) is 0 Å². The molecular formula is C58H35N3OS. The lowest BCUT2D eigenvalue weighted by Gasteiger charge is -2.09. The highest BCUT2D eigenvalue weighted by Gasteiger charge is 2.20. The summed E-state index contributed by atoms with van der Waals surface area (Å²) < 4.78 is 11.4. The average molecular weight is 822 g/mol. The van der Waals surface area contributed by atoms with Crippen LogP contribution in [0, 0.1) is 0 Å². The van der Waals surface area contributed by atoms with Crippen molar-refractivity contribution in [2.45, 2.75) is 0 Å². The Balaban J connectivity index is 0.888. The van der Waals surface area contributed by atoms with Gasteiger partial charge in [-0.05, 0) is 111 Å². The van der Waals surface area contributed by atoms with Gasteiger partial charge in [0.15, 0.2) is 5.58 Å². The lowest BCUT2D eigenvalue weighted by molar-refractivity contribution is 0.667. The van der Waals surface area contributed by atoms with Gasteiger partial charge < -0.3 is 8.98 Å². The van der Waals surface area contributed by atoms with Gasteiger partial charge in [-0.2, -0.15) is 0 Å². The van der Waals surface area contributed by atoms with Crippen LogP contribution < -0.4 is 0 Å². The lowest BCUT2D eigenvalue weighted by atomic mass is 9.96. The molecule has 0 aliphatic carbocycles. The molecule has 13 aromatic rings. The molecule has 294 valence electrons. The number of furan rings is 1. The van der Waals surface area contributed by atoms with Crippen molar-refractivity contribution in [2.24, 2.45) is 0 Å². The first-order chi connectivity index (χ1) is 31.2. The highest BCUT2D eigenvalue weighted by molar-refractivity contribution is 7.26. The summed E-state index contributed by atoms with van der Waals surface area (Å²) in [5.74, 6) is 0. The third-order valence-electron chi connectivity index (χ3n) is 12.5. The first-order valence-electron chi connectivity index (χ1n) is 21.2. The van der Waals surface area contributed by atoms with Crippen LogP contribution in [0.2, 0.25) is 0 Å². The first-order valence-corrected chi connectivity index (χ1v) is 22.0. The molecule has 0 amide bonds. The Morgan fingerprint density at radius 2 is 0.984 bits per heavy atom. The molecule has 0 radical (unpaired) electrons. The Labute approximate surface area is 366 Å². The van der Waals surface area contributed by atoms with E-state index in [0.717, 1.165) is 44.6 Å². The number of benzene rings is 9. The Morgan fingerprint density at radius 1 is 0.397 bits per heavy atom. The van der Waals surface area contributed by atoms with Gasteiger partial charge in [-0.25, -0.2) is 9.97 Å². The van der Waals surface area contributed by atoms with Crippen LogP contribution in [0.3, 0.4) is 0 Å². The van der Waals surface area contributed by atoms with Crippen molar-refractivity contribution in [1.82, 2.24) is 14.5 Å². The van der Waals surface area contributed by atoms with Gasteiger partial charge in [0.2, 0.25) is 0 Å². The number of thiophene rings is 1. The molecule has 0 spiro atoms. The molecule has 0 unspecified atom stereocenters. The molecule has 4 aromatic heterocycles. The maximum absolute atomic E-state index is 6.64. The van der Waals surface area contributed by atoms with Crippen LogP contribution in [0.15, 0.2) is 217 Å². The quantitative estimate of drug-likeness (QED) is 0.168. The van der Waals surface area contributed by atoms with Gasteiger partial charge in [0.1, 0.15) is 23.1 Å². The van der Waals surface area contributed by atoms with E-state index in [4.69, 9.17) is 14.4 Å². The molecule has 0 atom stereocenters. The third-order valence-corrected chi connectivity index (χ3v) is 13.7. The van der Waals surface area contributed by atoms with Gasteiger partial charge in [-0.15, -0.1) is 11.3 Å². The summed E-state index contributed by atoms with van der Waals surface area (Å²) in [5.41, 5.74) is 17.1. The number of rotatable bonds is 6. The van der Waals surface area contributed by atoms with Crippen LogP contribution in [0.25, 0.3) is 125 Å². The number of para-hydroxylation sites is 2. The minimum absolute atomic E-state index is 0.698. The minimum atomic E-state index is 0.698. The van der Waals surface area contributed by atoms with E-state index in [1.54, 1.807) is 6.33 Å². The fourth-order valence-electron chi connectivity index (χ4n) is 9.52.